The van der Waals surface area contributed by atoms with Crippen LogP contribution in [0.2, 0.25) is 0 Å². The van der Waals surface area contributed by atoms with E-state index in [0.717, 1.165) is 50.6 Å². The Hall–Kier alpha value is -0.670. The number of nitrogens with one attached hydrogen (secondary N) is 1. The van der Waals surface area contributed by atoms with Crippen LogP contribution in [0.1, 0.15) is 65.2 Å². The Labute approximate surface area is 170 Å². The predicted octanol–water partition coefficient (Wildman–Crippen LogP) is 4.21. The quantitative estimate of drug-likeness (QED) is 0.716. The van der Waals surface area contributed by atoms with Gasteiger partial charge in [0.25, 0.3) is 0 Å². The van der Waals surface area contributed by atoms with Gasteiger partial charge in [-0.2, -0.15) is 0 Å². The minimum atomic E-state index is -0.0544. The molecule has 3 nitrogen and oxygen atoms in total. The molecule has 4 aliphatic carbocycles. The second-order valence-corrected chi connectivity index (χ2v) is 11.4. The van der Waals surface area contributed by atoms with E-state index >= 15 is 0 Å². The maximum absolute atomic E-state index is 12.7. The number of rotatable bonds is 3. The highest BCUT2D eigenvalue weighted by molar-refractivity contribution is 5.87. The minimum absolute atomic E-state index is 0.0544. The fourth-order valence-electron chi connectivity index (χ4n) is 8.44. The molecule has 1 aliphatic heterocycles. The topological polar surface area (TPSA) is 49.3 Å². The normalized spacial score (nSPS) is 51.5. The lowest BCUT2D eigenvalue weighted by Crippen LogP contribution is -2.56. The summed E-state index contributed by atoms with van der Waals surface area (Å²) in [5, 5.41) is 13.7. The molecule has 5 aliphatic rings. The van der Waals surface area contributed by atoms with Gasteiger partial charge in [0.2, 0.25) is 0 Å². The molecule has 5 rings (SSSR count). The molecule has 4 saturated carbocycles. The first kappa shape index (κ1) is 19.3. The van der Waals surface area contributed by atoms with Crippen LogP contribution in [0.25, 0.3) is 0 Å². The Morgan fingerprint density at radius 1 is 1.00 bits per heavy atom. The van der Waals surface area contributed by atoms with Crippen molar-refractivity contribution in [3.05, 3.63) is 12.2 Å². The molecule has 1 saturated heterocycles. The number of carbonyl (C=O) groups excluding carboxylic acids is 1. The van der Waals surface area contributed by atoms with E-state index in [1.165, 1.54) is 25.7 Å². The second kappa shape index (κ2) is 6.94. The Morgan fingerprint density at radius 2 is 1.79 bits per heavy atom. The smallest absolute Gasteiger partial charge is 0.139 e. The van der Waals surface area contributed by atoms with Gasteiger partial charge < -0.3 is 10.4 Å². The van der Waals surface area contributed by atoms with Crippen molar-refractivity contribution in [1.29, 1.82) is 0 Å². The molecule has 0 aromatic heterocycles. The zero-order valence-electron chi connectivity index (χ0n) is 17.8. The highest BCUT2D eigenvalue weighted by atomic mass is 16.3. The largest absolute Gasteiger partial charge is 0.396 e. The lowest BCUT2D eigenvalue weighted by molar-refractivity contribution is -0.152. The Kier molecular flexibility index (Phi) is 4.79. The molecular formula is C25H39NO2. The van der Waals surface area contributed by atoms with Crippen molar-refractivity contribution >= 4 is 5.78 Å². The van der Waals surface area contributed by atoms with E-state index in [2.05, 4.69) is 31.3 Å². The number of carbonyl (C=O) groups is 1. The number of hydrogen-bond donors (Lipinski definition) is 2. The first-order valence-electron chi connectivity index (χ1n) is 12.0. The minimum Gasteiger partial charge on any atom is -0.396 e. The molecule has 0 aromatic rings. The van der Waals surface area contributed by atoms with Gasteiger partial charge in [-0.1, -0.05) is 26.0 Å². The number of hydrogen-bond acceptors (Lipinski definition) is 3. The van der Waals surface area contributed by atoms with Crippen LogP contribution in [0.5, 0.6) is 0 Å². The van der Waals surface area contributed by atoms with Gasteiger partial charge in [-0.15, -0.1) is 0 Å². The van der Waals surface area contributed by atoms with Gasteiger partial charge in [0, 0.05) is 37.5 Å². The van der Waals surface area contributed by atoms with E-state index in [1.807, 2.05) is 0 Å². The van der Waals surface area contributed by atoms with E-state index in [-0.39, 0.29) is 5.41 Å². The summed E-state index contributed by atoms with van der Waals surface area (Å²) >= 11 is 0. The van der Waals surface area contributed by atoms with Gasteiger partial charge in [-0.05, 0) is 85.9 Å². The summed E-state index contributed by atoms with van der Waals surface area (Å²) in [6.07, 6.45) is 14.3. The van der Waals surface area contributed by atoms with Gasteiger partial charge in [0.15, 0.2) is 0 Å². The molecule has 8 atom stereocenters. The lowest BCUT2D eigenvalue weighted by atomic mass is 9.42. The summed E-state index contributed by atoms with van der Waals surface area (Å²) in [5.41, 5.74) is 0.312. The number of ketones is 1. The van der Waals surface area contributed by atoms with Crippen LogP contribution in [0.3, 0.4) is 0 Å². The van der Waals surface area contributed by atoms with Crippen molar-refractivity contribution in [3.8, 4) is 0 Å². The fraction of sp³-hybridized carbons (Fsp3) is 0.880. The van der Waals surface area contributed by atoms with Crippen LogP contribution in [0, 0.1) is 52.3 Å². The summed E-state index contributed by atoms with van der Waals surface area (Å²) in [7, 11) is 0. The van der Waals surface area contributed by atoms with Gasteiger partial charge in [0.05, 0.1) is 0 Å². The van der Waals surface area contributed by atoms with Crippen molar-refractivity contribution in [2.45, 2.75) is 65.2 Å². The standard InChI is InChI=1S/C25H39NO2/c1-24-9-7-16(3-4-17-13-26-14-17)11-22(24)18(15-27)12-19-20-5-6-23(28)25(20,2)10-8-21(19)24/h3-4,16-22,26-27H,5-15H2,1-2H3/t16-,18-,19+,20+,21+,22?,24-,25+/m1/s1. The maximum atomic E-state index is 12.7. The van der Waals surface area contributed by atoms with Crippen molar-refractivity contribution in [2.75, 3.05) is 19.7 Å². The van der Waals surface area contributed by atoms with E-state index in [0.29, 0.717) is 47.4 Å². The van der Waals surface area contributed by atoms with Crippen LogP contribution in [0.4, 0.5) is 0 Å². The van der Waals surface area contributed by atoms with Crippen LogP contribution in [0.15, 0.2) is 12.2 Å². The van der Waals surface area contributed by atoms with Crippen LogP contribution in [-0.2, 0) is 4.79 Å². The Morgan fingerprint density at radius 3 is 2.50 bits per heavy atom. The molecule has 156 valence electrons. The zero-order chi connectivity index (χ0) is 19.5. The summed E-state index contributed by atoms with van der Waals surface area (Å²) in [6.45, 7) is 7.46. The predicted molar refractivity (Wildman–Crippen MR) is 112 cm³/mol. The molecule has 0 spiro atoms. The summed E-state index contributed by atoms with van der Waals surface area (Å²) in [6, 6.07) is 0. The van der Waals surface area contributed by atoms with E-state index in [9.17, 15) is 9.90 Å². The summed E-state index contributed by atoms with van der Waals surface area (Å²) in [5.74, 6) is 5.08. The summed E-state index contributed by atoms with van der Waals surface area (Å²) in [4.78, 5) is 12.7. The number of aliphatic hydroxyl groups is 1. The molecule has 0 aromatic carbocycles. The van der Waals surface area contributed by atoms with E-state index in [1.54, 1.807) is 0 Å². The average molecular weight is 386 g/mol. The Balaban J connectivity index is 1.38. The van der Waals surface area contributed by atoms with Crippen LogP contribution >= 0.6 is 0 Å². The molecule has 5 fully saturated rings. The van der Waals surface area contributed by atoms with E-state index in [4.69, 9.17) is 0 Å². The molecule has 0 bridgehead atoms. The molecule has 28 heavy (non-hydrogen) atoms. The average Bonchev–Trinajstić information content (AvgIpc) is 2.95. The van der Waals surface area contributed by atoms with Crippen LogP contribution in [-0.4, -0.2) is 30.6 Å². The highest BCUT2D eigenvalue weighted by Gasteiger charge is 2.61. The lowest BCUT2D eigenvalue weighted by Gasteiger charge is -2.62. The van der Waals surface area contributed by atoms with Crippen LogP contribution < -0.4 is 5.32 Å². The highest BCUT2D eigenvalue weighted by Crippen LogP contribution is 2.67. The van der Waals surface area contributed by atoms with Gasteiger partial charge >= 0.3 is 0 Å². The van der Waals surface area contributed by atoms with Gasteiger partial charge in [0.1, 0.15) is 5.78 Å². The first-order chi connectivity index (χ1) is 13.5. The van der Waals surface area contributed by atoms with Crippen molar-refractivity contribution in [2.24, 2.45) is 52.3 Å². The third-order valence-electron chi connectivity index (χ3n) is 10.3. The van der Waals surface area contributed by atoms with Gasteiger partial charge in [-0.25, -0.2) is 0 Å². The SMILES string of the molecule is C[C@]12CC[C@@H](C=CC3CNC3)CC1[C@@H](CO)C[C@@H]1[C@@H]2CC[C@]2(C)C(=O)CC[C@@H]12. The molecule has 1 unspecified atom stereocenters. The molecule has 2 N–H and O–H groups in total. The maximum Gasteiger partial charge on any atom is 0.139 e. The van der Waals surface area contributed by atoms with Crippen molar-refractivity contribution in [1.82, 2.24) is 5.32 Å². The third kappa shape index (κ3) is 2.79. The number of aliphatic hydroxyl groups excluding tert-OH is 1. The first-order valence-corrected chi connectivity index (χ1v) is 12.0. The van der Waals surface area contributed by atoms with E-state index < -0.39 is 0 Å². The molecule has 3 heteroatoms. The Bertz CT molecular complexity index is 655. The molecule has 1 heterocycles. The van der Waals surface area contributed by atoms with Crippen molar-refractivity contribution < 1.29 is 9.90 Å². The fourth-order valence-corrected chi connectivity index (χ4v) is 8.44. The molecular weight excluding hydrogens is 346 g/mol. The number of fused-ring (bicyclic) bond motifs is 5. The number of allylic oxidation sites excluding steroid dienone is 1. The molecule has 0 amide bonds. The number of Topliss-reactive ketones (excluding diaryl/α,β-unsaturated/α-hetero) is 1. The second-order valence-electron chi connectivity index (χ2n) is 11.4. The third-order valence-corrected chi connectivity index (χ3v) is 10.3. The molecule has 0 radical (unpaired) electrons. The zero-order valence-corrected chi connectivity index (χ0v) is 17.8. The van der Waals surface area contributed by atoms with Gasteiger partial charge in [-0.3, -0.25) is 4.79 Å². The monoisotopic (exact) mass is 385 g/mol. The summed E-state index contributed by atoms with van der Waals surface area (Å²) < 4.78 is 0. The van der Waals surface area contributed by atoms with Crippen molar-refractivity contribution in [3.63, 3.8) is 0 Å².